The van der Waals surface area contributed by atoms with Crippen molar-refractivity contribution in [3.05, 3.63) is 12.2 Å². The van der Waals surface area contributed by atoms with Gasteiger partial charge in [-0.3, -0.25) is 0 Å². The lowest BCUT2D eigenvalue weighted by molar-refractivity contribution is 0.0000958. The van der Waals surface area contributed by atoms with Crippen LogP contribution in [0.2, 0.25) is 0 Å². The van der Waals surface area contributed by atoms with Crippen molar-refractivity contribution in [1.82, 2.24) is 14.8 Å². The first kappa shape index (κ1) is 13.5. The summed E-state index contributed by atoms with van der Waals surface area (Å²) < 4.78 is 7.69. The van der Waals surface area contributed by atoms with Crippen LogP contribution in [0.3, 0.4) is 0 Å². The molecule has 2 atom stereocenters. The zero-order chi connectivity index (χ0) is 13.0. The largest absolute Gasteiger partial charge is 0.377 e. The summed E-state index contributed by atoms with van der Waals surface area (Å²) in [5.74, 6) is 1.54. The van der Waals surface area contributed by atoms with Gasteiger partial charge in [0.15, 0.2) is 0 Å². The molecule has 0 amide bonds. The van der Waals surface area contributed by atoms with Crippen LogP contribution in [0.1, 0.15) is 38.9 Å². The number of ether oxygens (including phenoxy) is 1. The third-order valence-electron chi connectivity index (χ3n) is 3.34. The van der Waals surface area contributed by atoms with Crippen LogP contribution in [-0.2, 0) is 17.7 Å². The Balaban J connectivity index is 1.93. The van der Waals surface area contributed by atoms with Crippen molar-refractivity contribution in [2.45, 2.75) is 58.2 Å². The average molecular weight is 252 g/mol. The van der Waals surface area contributed by atoms with Crippen LogP contribution in [0.25, 0.3) is 0 Å². The summed E-state index contributed by atoms with van der Waals surface area (Å²) in [7, 11) is 0. The summed E-state index contributed by atoms with van der Waals surface area (Å²) in [5.41, 5.74) is 6.23. The smallest absolute Gasteiger partial charge is 0.138 e. The zero-order valence-corrected chi connectivity index (χ0v) is 11.4. The van der Waals surface area contributed by atoms with E-state index in [-0.39, 0.29) is 12.1 Å². The van der Waals surface area contributed by atoms with Gasteiger partial charge in [0, 0.05) is 25.6 Å². The normalized spacial score (nSPS) is 22.3. The van der Waals surface area contributed by atoms with Crippen molar-refractivity contribution in [2.24, 2.45) is 11.7 Å². The van der Waals surface area contributed by atoms with Crippen LogP contribution >= 0.6 is 0 Å². The lowest BCUT2D eigenvalue weighted by Crippen LogP contribution is -2.41. The monoisotopic (exact) mass is 252 g/mol. The molecule has 1 aliphatic rings. The highest BCUT2D eigenvalue weighted by Crippen LogP contribution is 2.17. The minimum Gasteiger partial charge on any atom is -0.377 e. The molecule has 2 rings (SSSR count). The number of aromatic nitrogens is 3. The quantitative estimate of drug-likeness (QED) is 0.859. The molecule has 2 heterocycles. The van der Waals surface area contributed by atoms with E-state index in [1.54, 1.807) is 6.33 Å². The molecule has 5 nitrogen and oxygen atoms in total. The maximum absolute atomic E-state index is 6.23. The Morgan fingerprint density at radius 2 is 2.33 bits per heavy atom. The second-order valence-corrected chi connectivity index (χ2v) is 5.53. The highest BCUT2D eigenvalue weighted by atomic mass is 16.5. The number of nitrogens with zero attached hydrogens (tertiary/aromatic N) is 3. The Kier molecular flexibility index (Phi) is 4.72. The summed E-state index contributed by atoms with van der Waals surface area (Å²) in [4.78, 5) is 4.32. The number of nitrogens with two attached hydrogens (primary N) is 1. The van der Waals surface area contributed by atoms with Gasteiger partial charge in [-0.15, -0.1) is 0 Å². The van der Waals surface area contributed by atoms with Gasteiger partial charge in [0.05, 0.1) is 6.10 Å². The minimum atomic E-state index is 0.0282. The maximum atomic E-state index is 6.23. The topological polar surface area (TPSA) is 66.0 Å². The van der Waals surface area contributed by atoms with E-state index in [0.29, 0.717) is 5.92 Å². The first-order chi connectivity index (χ1) is 8.66. The summed E-state index contributed by atoms with van der Waals surface area (Å²) in [6.07, 6.45) is 6.00. The Hall–Kier alpha value is -0.940. The van der Waals surface area contributed by atoms with Crippen molar-refractivity contribution in [3.8, 4) is 0 Å². The van der Waals surface area contributed by atoms with Gasteiger partial charge in [0.25, 0.3) is 0 Å². The van der Waals surface area contributed by atoms with Gasteiger partial charge in [-0.25, -0.2) is 9.67 Å². The summed E-state index contributed by atoms with van der Waals surface area (Å²) in [6, 6.07) is 0.0282. The van der Waals surface area contributed by atoms with E-state index in [0.717, 1.165) is 38.2 Å². The first-order valence-corrected chi connectivity index (χ1v) is 6.90. The zero-order valence-electron chi connectivity index (χ0n) is 11.4. The van der Waals surface area contributed by atoms with E-state index in [1.807, 2.05) is 4.68 Å². The van der Waals surface area contributed by atoms with Crippen LogP contribution in [0, 0.1) is 5.92 Å². The third kappa shape index (κ3) is 3.53. The highest BCUT2D eigenvalue weighted by molar-refractivity contribution is 4.92. The maximum Gasteiger partial charge on any atom is 0.138 e. The van der Waals surface area contributed by atoms with E-state index >= 15 is 0 Å². The van der Waals surface area contributed by atoms with Crippen LogP contribution in [0.5, 0.6) is 0 Å². The van der Waals surface area contributed by atoms with Gasteiger partial charge < -0.3 is 10.5 Å². The molecule has 5 heteroatoms. The van der Waals surface area contributed by atoms with Crippen LogP contribution in [0.15, 0.2) is 6.33 Å². The molecule has 1 aromatic heterocycles. The molecule has 1 saturated heterocycles. The number of rotatable bonds is 5. The molecular formula is C13H24N4O. The second-order valence-electron chi connectivity index (χ2n) is 5.53. The molecule has 0 bridgehead atoms. The molecule has 0 saturated carbocycles. The van der Waals surface area contributed by atoms with Crippen molar-refractivity contribution >= 4 is 0 Å². The Labute approximate surface area is 109 Å². The van der Waals surface area contributed by atoms with Crippen LogP contribution < -0.4 is 5.73 Å². The first-order valence-electron chi connectivity index (χ1n) is 6.90. The number of hydrogen-bond donors (Lipinski definition) is 1. The second kappa shape index (κ2) is 6.29. The fourth-order valence-corrected chi connectivity index (χ4v) is 2.39. The van der Waals surface area contributed by atoms with Crippen LogP contribution in [0.4, 0.5) is 0 Å². The number of hydrogen-bond acceptors (Lipinski definition) is 4. The van der Waals surface area contributed by atoms with Crippen molar-refractivity contribution in [3.63, 3.8) is 0 Å². The van der Waals surface area contributed by atoms with Crippen molar-refractivity contribution in [2.75, 3.05) is 6.61 Å². The third-order valence-corrected chi connectivity index (χ3v) is 3.34. The molecule has 102 valence electrons. The standard InChI is InChI=1S/C13H24N4O/c1-10(2)8-17-13(15-9-16-17)7-11(14)12-5-3-4-6-18-12/h9-12H,3-8,14H2,1-2H3. The molecule has 0 spiro atoms. The molecule has 0 aliphatic carbocycles. The molecule has 1 fully saturated rings. The molecule has 2 N–H and O–H groups in total. The van der Waals surface area contributed by atoms with E-state index in [4.69, 9.17) is 10.5 Å². The van der Waals surface area contributed by atoms with Gasteiger partial charge in [-0.2, -0.15) is 5.10 Å². The molecule has 18 heavy (non-hydrogen) atoms. The minimum absolute atomic E-state index is 0.0282. The fourth-order valence-electron chi connectivity index (χ4n) is 2.39. The van der Waals surface area contributed by atoms with Gasteiger partial charge >= 0.3 is 0 Å². The molecule has 1 aromatic rings. The molecule has 0 radical (unpaired) electrons. The SMILES string of the molecule is CC(C)Cn1ncnc1CC(N)C1CCCCO1. The van der Waals surface area contributed by atoms with Gasteiger partial charge in [-0.05, 0) is 25.2 Å². The van der Waals surface area contributed by atoms with Crippen molar-refractivity contribution in [1.29, 1.82) is 0 Å². The van der Waals surface area contributed by atoms with E-state index < -0.39 is 0 Å². The van der Waals surface area contributed by atoms with E-state index in [2.05, 4.69) is 23.9 Å². The average Bonchev–Trinajstić information content (AvgIpc) is 2.77. The molecule has 1 aliphatic heterocycles. The van der Waals surface area contributed by atoms with E-state index in [9.17, 15) is 0 Å². The lowest BCUT2D eigenvalue weighted by atomic mass is 10.00. The fraction of sp³-hybridized carbons (Fsp3) is 0.846. The lowest BCUT2D eigenvalue weighted by Gasteiger charge is -2.27. The molecule has 2 unspecified atom stereocenters. The molecular weight excluding hydrogens is 228 g/mol. The summed E-state index contributed by atoms with van der Waals surface area (Å²) in [6.45, 7) is 6.09. The molecule has 0 aromatic carbocycles. The Morgan fingerprint density at radius 1 is 1.50 bits per heavy atom. The highest BCUT2D eigenvalue weighted by Gasteiger charge is 2.23. The van der Waals surface area contributed by atoms with Gasteiger partial charge in [-0.1, -0.05) is 13.8 Å². The predicted octanol–water partition coefficient (Wildman–Crippen LogP) is 1.37. The van der Waals surface area contributed by atoms with E-state index in [1.165, 1.54) is 6.42 Å². The van der Waals surface area contributed by atoms with Gasteiger partial charge in [0.2, 0.25) is 0 Å². The summed E-state index contributed by atoms with van der Waals surface area (Å²) >= 11 is 0. The van der Waals surface area contributed by atoms with Crippen LogP contribution in [-0.4, -0.2) is 33.5 Å². The predicted molar refractivity (Wildman–Crippen MR) is 70.1 cm³/mol. The van der Waals surface area contributed by atoms with Crippen molar-refractivity contribution < 1.29 is 4.74 Å². The van der Waals surface area contributed by atoms with Gasteiger partial charge in [0.1, 0.15) is 12.2 Å². The Morgan fingerprint density at radius 3 is 3.00 bits per heavy atom. The summed E-state index contributed by atoms with van der Waals surface area (Å²) in [5, 5.41) is 4.26. The Bertz CT molecular complexity index is 358.